The number of hydrogen-bond acceptors (Lipinski definition) is 2. The smallest absolute Gasteiger partial charge is 0.0362 e. The number of hydrogen-bond donors (Lipinski definition) is 0. The number of rotatable bonds is 0. The maximum atomic E-state index is 2.55. The minimum atomic E-state index is 0.949. The third-order valence-corrected chi connectivity index (χ3v) is 14.4. The topological polar surface area (TPSA) is 0 Å². The second-order valence-electron chi connectivity index (χ2n) is 14.7. The number of fused-ring (bicyclic) bond motifs is 22. The summed E-state index contributed by atoms with van der Waals surface area (Å²) < 4.78 is 5.40. The molecule has 0 atom stereocenters. The quantitative estimate of drug-likeness (QED) is 0.148. The van der Waals surface area contributed by atoms with Crippen LogP contribution >= 0.6 is 22.7 Å². The van der Waals surface area contributed by atoms with Crippen molar-refractivity contribution in [1.82, 2.24) is 0 Å². The molecule has 2 heterocycles. The van der Waals surface area contributed by atoms with Crippen LogP contribution in [0.1, 0.15) is 22.3 Å². The van der Waals surface area contributed by atoms with Crippen LogP contribution in [0.15, 0.2) is 146 Å². The third kappa shape index (κ3) is 3.56. The third-order valence-electron chi connectivity index (χ3n) is 12.1. The zero-order chi connectivity index (χ0) is 33.7. The van der Waals surface area contributed by atoms with E-state index in [1.165, 1.54) is 129 Å². The van der Waals surface area contributed by atoms with Gasteiger partial charge < -0.3 is 0 Å². The van der Waals surface area contributed by atoms with Crippen LogP contribution in [0.5, 0.6) is 0 Å². The summed E-state index contributed by atoms with van der Waals surface area (Å²) in [6, 6.07) is 55.9. The average Bonchev–Trinajstić information content (AvgIpc) is 3.95. The Morgan fingerprint density at radius 2 is 0.712 bits per heavy atom. The van der Waals surface area contributed by atoms with Gasteiger partial charge in [-0.05, 0) is 138 Å². The molecule has 0 saturated heterocycles. The Balaban J connectivity index is 1.24. The molecular weight excluding hydrogens is 665 g/mol. The molecular formula is C50H28S2. The van der Waals surface area contributed by atoms with Gasteiger partial charge in [-0.1, -0.05) is 109 Å². The predicted octanol–water partition coefficient (Wildman–Crippen LogP) is 14.5. The van der Waals surface area contributed by atoms with E-state index in [-0.39, 0.29) is 0 Å². The second kappa shape index (κ2) is 9.95. The van der Waals surface area contributed by atoms with Crippen molar-refractivity contribution in [3.8, 4) is 66.8 Å². The van der Waals surface area contributed by atoms with Gasteiger partial charge in [-0.15, -0.1) is 22.7 Å². The molecule has 3 aliphatic carbocycles. The SMILES string of the molecule is c1ccc2c(c1)Cc1c-2ccc2c1-c1cc3c(cc1-c1cc4sc5ccccc5c4cc1-c1c-2ccc2c1Cc1ccccc1-2)sc1ccccc13. The first-order chi connectivity index (χ1) is 25.8. The van der Waals surface area contributed by atoms with Gasteiger partial charge in [-0.25, -0.2) is 0 Å². The Labute approximate surface area is 308 Å². The second-order valence-corrected chi connectivity index (χ2v) is 16.8. The van der Waals surface area contributed by atoms with Crippen LogP contribution in [-0.2, 0) is 12.8 Å². The molecule has 8 aromatic carbocycles. The Morgan fingerprint density at radius 3 is 1.21 bits per heavy atom. The fourth-order valence-corrected chi connectivity index (χ4v) is 12.1. The summed E-state index contributed by atoms with van der Waals surface area (Å²) in [6.45, 7) is 0. The molecule has 10 aromatic rings. The van der Waals surface area contributed by atoms with Crippen molar-refractivity contribution in [3.63, 3.8) is 0 Å². The molecule has 0 aliphatic heterocycles. The fourth-order valence-electron chi connectivity index (χ4n) is 9.89. The first-order valence-electron chi connectivity index (χ1n) is 18.2. The van der Waals surface area contributed by atoms with Crippen LogP contribution in [0.25, 0.3) is 107 Å². The lowest BCUT2D eigenvalue weighted by Gasteiger charge is -2.27. The molecule has 240 valence electrons. The molecule has 0 bridgehead atoms. The van der Waals surface area contributed by atoms with Crippen LogP contribution in [0.4, 0.5) is 0 Å². The molecule has 0 N–H and O–H groups in total. The Bertz CT molecular complexity index is 3020. The van der Waals surface area contributed by atoms with Gasteiger partial charge in [0.15, 0.2) is 0 Å². The average molecular weight is 693 g/mol. The van der Waals surface area contributed by atoms with E-state index in [4.69, 9.17) is 0 Å². The zero-order valence-corrected chi connectivity index (χ0v) is 29.7. The van der Waals surface area contributed by atoms with Crippen LogP contribution < -0.4 is 0 Å². The first kappa shape index (κ1) is 27.9. The summed E-state index contributed by atoms with van der Waals surface area (Å²) in [7, 11) is 0. The van der Waals surface area contributed by atoms with E-state index in [1.807, 2.05) is 22.7 Å². The van der Waals surface area contributed by atoms with Gasteiger partial charge in [-0.2, -0.15) is 0 Å². The van der Waals surface area contributed by atoms with E-state index in [2.05, 4.69) is 146 Å². The van der Waals surface area contributed by atoms with E-state index < -0.39 is 0 Å². The van der Waals surface area contributed by atoms with Gasteiger partial charge in [0.2, 0.25) is 0 Å². The molecule has 2 heteroatoms. The van der Waals surface area contributed by atoms with Gasteiger partial charge in [0.1, 0.15) is 0 Å². The summed E-state index contributed by atoms with van der Waals surface area (Å²) in [5.74, 6) is 0. The highest BCUT2D eigenvalue weighted by Crippen LogP contribution is 2.57. The minimum Gasteiger partial charge on any atom is -0.135 e. The summed E-state index contributed by atoms with van der Waals surface area (Å²) >= 11 is 3.85. The molecule has 52 heavy (non-hydrogen) atoms. The van der Waals surface area contributed by atoms with Gasteiger partial charge in [-0.3, -0.25) is 0 Å². The van der Waals surface area contributed by atoms with Crippen LogP contribution in [0, 0.1) is 0 Å². The van der Waals surface area contributed by atoms with E-state index in [1.54, 1.807) is 0 Å². The normalized spacial score (nSPS) is 13.2. The molecule has 0 amide bonds. The van der Waals surface area contributed by atoms with Crippen molar-refractivity contribution < 1.29 is 0 Å². The highest BCUT2D eigenvalue weighted by atomic mass is 32.1. The van der Waals surface area contributed by atoms with E-state index in [0.717, 1.165) is 12.8 Å². The molecule has 2 aromatic heterocycles. The molecule has 0 radical (unpaired) electrons. The van der Waals surface area contributed by atoms with Crippen LogP contribution in [0.2, 0.25) is 0 Å². The van der Waals surface area contributed by atoms with Gasteiger partial charge in [0.25, 0.3) is 0 Å². The van der Waals surface area contributed by atoms with Gasteiger partial charge in [0.05, 0.1) is 0 Å². The molecule has 0 unspecified atom stereocenters. The zero-order valence-electron chi connectivity index (χ0n) is 28.1. The summed E-state index contributed by atoms with van der Waals surface area (Å²) in [6.07, 6.45) is 1.90. The van der Waals surface area contributed by atoms with Crippen molar-refractivity contribution in [2.24, 2.45) is 0 Å². The highest BCUT2D eigenvalue weighted by Gasteiger charge is 2.33. The van der Waals surface area contributed by atoms with Crippen molar-refractivity contribution in [3.05, 3.63) is 168 Å². The number of benzene rings is 8. The van der Waals surface area contributed by atoms with Crippen molar-refractivity contribution in [2.75, 3.05) is 0 Å². The highest BCUT2D eigenvalue weighted by molar-refractivity contribution is 7.26. The molecule has 3 aliphatic rings. The predicted molar refractivity (Wildman–Crippen MR) is 224 cm³/mol. The Hall–Kier alpha value is -5.80. The van der Waals surface area contributed by atoms with Gasteiger partial charge >= 0.3 is 0 Å². The fraction of sp³-hybridized carbons (Fsp3) is 0.0400. The minimum absolute atomic E-state index is 0.949. The first-order valence-corrected chi connectivity index (χ1v) is 19.8. The lowest BCUT2D eigenvalue weighted by atomic mass is 9.76. The molecule has 13 rings (SSSR count). The number of thiophene rings is 2. The largest absolute Gasteiger partial charge is 0.135 e. The maximum absolute atomic E-state index is 2.55. The van der Waals surface area contributed by atoms with Crippen molar-refractivity contribution >= 4 is 63.0 Å². The molecule has 0 nitrogen and oxygen atoms in total. The van der Waals surface area contributed by atoms with E-state index in [0.29, 0.717) is 0 Å². The standard InChI is InChI=1S/C50H28S2/c1-3-11-29-27(9-1)21-41-31(29)17-19-35-36-20-18-32-30-12-4-2-10-28(30)22-42(32)50(36)44-24-40-34-14-6-8-16-46(34)52-48(40)26-38(44)37-25-47-39(23-43(37)49(35)41)33-13-5-7-15-45(33)51-47/h1-20,23-26H,21-22H2. The lowest BCUT2D eigenvalue weighted by Crippen LogP contribution is -2.02. The molecule has 0 fully saturated rings. The van der Waals surface area contributed by atoms with E-state index >= 15 is 0 Å². The summed E-state index contributed by atoms with van der Waals surface area (Å²) in [5.41, 5.74) is 22.2. The van der Waals surface area contributed by atoms with Gasteiger partial charge in [0, 0.05) is 40.3 Å². The lowest BCUT2D eigenvalue weighted by molar-refractivity contribution is 1.25. The van der Waals surface area contributed by atoms with E-state index in [9.17, 15) is 0 Å². The van der Waals surface area contributed by atoms with Crippen LogP contribution in [-0.4, -0.2) is 0 Å². The Morgan fingerprint density at radius 1 is 0.288 bits per heavy atom. The van der Waals surface area contributed by atoms with Crippen molar-refractivity contribution in [1.29, 1.82) is 0 Å². The summed E-state index contributed by atoms with van der Waals surface area (Å²) in [5, 5.41) is 5.41. The maximum Gasteiger partial charge on any atom is 0.0362 e. The monoisotopic (exact) mass is 692 g/mol. The van der Waals surface area contributed by atoms with Crippen molar-refractivity contribution in [2.45, 2.75) is 12.8 Å². The molecule has 0 spiro atoms. The Kier molecular flexibility index (Phi) is 5.33. The summed E-state index contributed by atoms with van der Waals surface area (Å²) in [4.78, 5) is 0. The molecule has 0 saturated carbocycles. The van der Waals surface area contributed by atoms with Crippen LogP contribution in [0.3, 0.4) is 0 Å².